The molecule has 2 aliphatic heterocycles. The van der Waals surface area contributed by atoms with Gasteiger partial charge in [0.25, 0.3) is 5.91 Å². The van der Waals surface area contributed by atoms with Crippen molar-refractivity contribution in [1.82, 2.24) is 10.3 Å². The number of amides is 1. The lowest BCUT2D eigenvalue weighted by molar-refractivity contribution is 0.0946. The van der Waals surface area contributed by atoms with Crippen LogP contribution in [0.25, 0.3) is 0 Å². The largest absolute Gasteiger partial charge is 0.378 e. The van der Waals surface area contributed by atoms with Crippen LogP contribution in [0.3, 0.4) is 0 Å². The van der Waals surface area contributed by atoms with Crippen molar-refractivity contribution in [3.8, 4) is 0 Å². The molecule has 4 rings (SSSR count). The van der Waals surface area contributed by atoms with Gasteiger partial charge in [0.2, 0.25) is 0 Å². The molecule has 1 unspecified atom stereocenters. The summed E-state index contributed by atoms with van der Waals surface area (Å²) < 4.78 is 5.39. The van der Waals surface area contributed by atoms with Crippen LogP contribution in [0.1, 0.15) is 26.8 Å². The van der Waals surface area contributed by atoms with Gasteiger partial charge in [-0.15, -0.1) is 0 Å². The summed E-state index contributed by atoms with van der Waals surface area (Å²) in [6.45, 7) is 3.62. The Morgan fingerprint density at radius 2 is 2.00 bits per heavy atom. The molecule has 0 saturated carbocycles. The minimum Gasteiger partial charge on any atom is -0.378 e. The van der Waals surface area contributed by atoms with Gasteiger partial charge in [-0.3, -0.25) is 4.79 Å². The fourth-order valence-electron chi connectivity index (χ4n) is 2.95. The van der Waals surface area contributed by atoms with E-state index in [1.54, 1.807) is 0 Å². The van der Waals surface area contributed by atoms with Gasteiger partial charge in [-0.25, -0.2) is 4.98 Å². The van der Waals surface area contributed by atoms with E-state index in [-0.39, 0.29) is 11.8 Å². The summed E-state index contributed by atoms with van der Waals surface area (Å²) in [5.74, 6) is 0.0493. The molecule has 1 aromatic carbocycles. The summed E-state index contributed by atoms with van der Waals surface area (Å²) in [5, 5.41) is 4.59. The van der Waals surface area contributed by atoms with Crippen molar-refractivity contribution in [2.45, 2.75) is 5.92 Å². The van der Waals surface area contributed by atoms with Gasteiger partial charge in [0, 0.05) is 30.6 Å². The first-order valence-electron chi connectivity index (χ1n) is 7.59. The van der Waals surface area contributed by atoms with Crippen LogP contribution in [-0.2, 0) is 4.74 Å². The number of carbonyl (C=O) groups excluding carboxylic acids is 1. The number of morpholine rings is 1. The number of nitrogens with zero attached hydrogens (tertiary/aromatic N) is 2. The van der Waals surface area contributed by atoms with Crippen molar-refractivity contribution in [2.75, 3.05) is 37.7 Å². The van der Waals surface area contributed by atoms with Crippen molar-refractivity contribution >= 4 is 34.0 Å². The first kappa shape index (κ1) is 14.9. The first-order chi connectivity index (χ1) is 11.2. The van der Waals surface area contributed by atoms with E-state index in [4.69, 9.17) is 21.3 Å². The van der Waals surface area contributed by atoms with Crippen molar-refractivity contribution in [3.63, 3.8) is 0 Å². The Bertz CT molecular complexity index is 725. The molecule has 2 aromatic rings. The molecule has 1 fully saturated rings. The fourth-order valence-corrected chi connectivity index (χ4v) is 4.17. The second-order valence-corrected chi connectivity index (χ2v) is 7.04. The summed E-state index contributed by atoms with van der Waals surface area (Å²) in [7, 11) is 0. The van der Waals surface area contributed by atoms with Gasteiger partial charge in [-0.05, 0) is 17.7 Å². The molecule has 120 valence electrons. The third-order valence-corrected chi connectivity index (χ3v) is 5.58. The van der Waals surface area contributed by atoms with E-state index in [1.807, 2.05) is 24.3 Å². The maximum atomic E-state index is 12.2. The molecule has 0 spiro atoms. The van der Waals surface area contributed by atoms with Gasteiger partial charge in [0.1, 0.15) is 4.88 Å². The van der Waals surface area contributed by atoms with Crippen molar-refractivity contribution < 1.29 is 9.53 Å². The van der Waals surface area contributed by atoms with Gasteiger partial charge in [0.05, 0.1) is 18.9 Å². The molecule has 1 saturated heterocycles. The van der Waals surface area contributed by atoms with Gasteiger partial charge < -0.3 is 15.0 Å². The number of ether oxygens (including phenoxy) is 1. The molecular formula is C16H16ClN3O2S. The number of hydrogen-bond donors (Lipinski definition) is 1. The Morgan fingerprint density at radius 1 is 1.26 bits per heavy atom. The Morgan fingerprint density at radius 3 is 2.74 bits per heavy atom. The number of thiazole rings is 1. The lowest BCUT2D eigenvalue weighted by Crippen LogP contribution is -2.36. The number of aromatic nitrogens is 1. The predicted octanol–water partition coefficient (Wildman–Crippen LogP) is 2.51. The lowest BCUT2D eigenvalue weighted by atomic mass is 9.92. The number of nitrogens with one attached hydrogen (secondary N) is 1. The Hall–Kier alpha value is -1.63. The van der Waals surface area contributed by atoms with Crippen LogP contribution in [0, 0.1) is 0 Å². The zero-order valence-electron chi connectivity index (χ0n) is 12.4. The molecule has 0 bridgehead atoms. The van der Waals surface area contributed by atoms with Gasteiger partial charge in [0.15, 0.2) is 5.13 Å². The van der Waals surface area contributed by atoms with Crippen molar-refractivity contribution in [3.05, 3.63) is 45.4 Å². The topological polar surface area (TPSA) is 54.5 Å². The molecule has 1 N–H and O–H groups in total. The van der Waals surface area contributed by atoms with Crippen LogP contribution < -0.4 is 10.2 Å². The molecule has 23 heavy (non-hydrogen) atoms. The van der Waals surface area contributed by atoms with E-state index in [0.717, 1.165) is 34.4 Å². The molecule has 2 aliphatic rings. The Kier molecular flexibility index (Phi) is 3.97. The fraction of sp³-hybridized carbons (Fsp3) is 0.375. The number of halogens is 1. The highest BCUT2D eigenvalue weighted by molar-refractivity contribution is 7.17. The summed E-state index contributed by atoms with van der Waals surface area (Å²) in [6, 6.07) is 7.76. The van der Waals surface area contributed by atoms with E-state index in [9.17, 15) is 4.79 Å². The molecule has 0 aliphatic carbocycles. The number of rotatable bonds is 2. The molecule has 1 aromatic heterocycles. The third-order valence-electron chi connectivity index (χ3n) is 4.20. The van der Waals surface area contributed by atoms with Gasteiger partial charge >= 0.3 is 0 Å². The average molecular weight is 350 g/mol. The molecule has 1 amide bonds. The van der Waals surface area contributed by atoms with E-state index in [0.29, 0.717) is 24.8 Å². The van der Waals surface area contributed by atoms with Crippen LogP contribution in [0.15, 0.2) is 24.3 Å². The minimum atomic E-state index is -0.0257. The summed E-state index contributed by atoms with van der Waals surface area (Å²) in [5.41, 5.74) is 2.00. The zero-order chi connectivity index (χ0) is 15.8. The van der Waals surface area contributed by atoms with E-state index in [2.05, 4.69) is 10.2 Å². The second-order valence-electron chi connectivity index (χ2n) is 5.62. The summed E-state index contributed by atoms with van der Waals surface area (Å²) in [6.07, 6.45) is 0. The van der Waals surface area contributed by atoms with E-state index in [1.165, 1.54) is 11.3 Å². The minimum absolute atomic E-state index is 0.0257. The molecule has 1 atom stereocenters. The van der Waals surface area contributed by atoms with Crippen LogP contribution in [0.2, 0.25) is 5.02 Å². The SMILES string of the molecule is O=C1NCC(c2ccc(Cl)cc2)c2nc(N3CCOCC3)sc21. The van der Waals surface area contributed by atoms with Gasteiger partial charge in [-0.1, -0.05) is 35.1 Å². The maximum absolute atomic E-state index is 12.2. The maximum Gasteiger partial charge on any atom is 0.263 e. The van der Waals surface area contributed by atoms with Crippen LogP contribution in [0.4, 0.5) is 5.13 Å². The molecule has 5 nitrogen and oxygen atoms in total. The number of fused-ring (bicyclic) bond motifs is 1. The molecule has 3 heterocycles. The number of hydrogen-bond acceptors (Lipinski definition) is 5. The monoisotopic (exact) mass is 349 g/mol. The number of carbonyl (C=O) groups is 1. The zero-order valence-corrected chi connectivity index (χ0v) is 14.0. The van der Waals surface area contributed by atoms with Crippen LogP contribution >= 0.6 is 22.9 Å². The third kappa shape index (κ3) is 2.82. The Labute approximate surface area is 143 Å². The normalized spacial score (nSPS) is 21.0. The summed E-state index contributed by atoms with van der Waals surface area (Å²) in [4.78, 5) is 19.9. The quantitative estimate of drug-likeness (QED) is 0.905. The Balaban J connectivity index is 1.70. The number of benzene rings is 1. The number of anilines is 1. The molecular weight excluding hydrogens is 334 g/mol. The smallest absolute Gasteiger partial charge is 0.263 e. The lowest BCUT2D eigenvalue weighted by Gasteiger charge is -2.26. The standard InChI is InChI=1S/C16H16ClN3O2S/c17-11-3-1-10(2-4-11)12-9-18-15(21)14-13(12)19-16(23-14)20-5-7-22-8-6-20/h1-4,12H,5-9H2,(H,18,21). The average Bonchev–Trinajstić information content (AvgIpc) is 3.03. The molecule has 0 radical (unpaired) electrons. The van der Waals surface area contributed by atoms with Crippen LogP contribution in [0.5, 0.6) is 0 Å². The predicted molar refractivity (Wildman–Crippen MR) is 90.8 cm³/mol. The van der Waals surface area contributed by atoms with Crippen molar-refractivity contribution in [2.24, 2.45) is 0 Å². The van der Waals surface area contributed by atoms with Gasteiger partial charge in [-0.2, -0.15) is 0 Å². The first-order valence-corrected chi connectivity index (χ1v) is 8.79. The highest BCUT2D eigenvalue weighted by atomic mass is 35.5. The second kappa shape index (κ2) is 6.11. The summed E-state index contributed by atoms with van der Waals surface area (Å²) >= 11 is 7.45. The van der Waals surface area contributed by atoms with Crippen molar-refractivity contribution in [1.29, 1.82) is 0 Å². The highest BCUT2D eigenvalue weighted by Gasteiger charge is 2.32. The van der Waals surface area contributed by atoms with E-state index < -0.39 is 0 Å². The van der Waals surface area contributed by atoms with Crippen LogP contribution in [-0.4, -0.2) is 43.7 Å². The van der Waals surface area contributed by atoms with E-state index >= 15 is 0 Å². The molecule has 7 heteroatoms. The highest BCUT2D eigenvalue weighted by Crippen LogP contribution is 2.36.